The van der Waals surface area contributed by atoms with E-state index in [4.69, 9.17) is 10.5 Å². The lowest BCUT2D eigenvalue weighted by Crippen LogP contribution is -2.52. The minimum Gasteiger partial charge on any atom is -0.450 e. The lowest BCUT2D eigenvalue weighted by Gasteiger charge is -2.27. The van der Waals surface area contributed by atoms with Gasteiger partial charge >= 0.3 is 6.09 Å². The molecule has 1 aliphatic heterocycles. The number of rotatable bonds is 11. The zero-order chi connectivity index (χ0) is 30.8. The Kier molecular flexibility index (Phi) is 11.7. The third-order valence-corrected chi connectivity index (χ3v) is 9.61. The molecule has 43 heavy (non-hydrogen) atoms. The molecule has 1 saturated heterocycles. The maximum Gasteiger partial charge on any atom is 0.407 e. The first-order valence-corrected chi connectivity index (χ1v) is 16.1. The van der Waals surface area contributed by atoms with Crippen LogP contribution in [0.2, 0.25) is 0 Å². The fourth-order valence-electron chi connectivity index (χ4n) is 4.29. The van der Waals surface area contributed by atoms with Crippen LogP contribution in [0.15, 0.2) is 71.2 Å². The van der Waals surface area contributed by atoms with E-state index in [0.717, 1.165) is 25.4 Å². The molecule has 4 N–H and O–H groups in total. The van der Waals surface area contributed by atoms with E-state index in [1.165, 1.54) is 28.0 Å². The first-order chi connectivity index (χ1) is 20.7. The predicted octanol–water partition coefficient (Wildman–Crippen LogP) is 4.20. The Morgan fingerprint density at radius 3 is 2.51 bits per heavy atom. The molecule has 1 aromatic heterocycles. The second-order valence-corrected chi connectivity index (χ2v) is 12.9. The molecule has 2 aromatic carbocycles. The van der Waals surface area contributed by atoms with Crippen molar-refractivity contribution in [3.05, 3.63) is 92.1 Å². The van der Waals surface area contributed by atoms with Gasteiger partial charge in [0.25, 0.3) is 0 Å². The Balaban J connectivity index is 1.48. The molecule has 224 valence electrons. The molecule has 0 radical (unpaired) electrons. The van der Waals surface area contributed by atoms with Gasteiger partial charge in [0, 0.05) is 27.9 Å². The summed E-state index contributed by atoms with van der Waals surface area (Å²) in [4.78, 5) is 53.9. The highest BCUT2D eigenvalue weighted by Crippen LogP contribution is 2.46. The summed E-state index contributed by atoms with van der Waals surface area (Å²) in [5.41, 5.74) is 7.54. The zero-order valence-corrected chi connectivity index (χ0v) is 26.6. The topological polar surface area (TPSA) is 131 Å². The highest BCUT2D eigenvalue weighted by Gasteiger charge is 2.44. The number of primary amides is 1. The van der Waals surface area contributed by atoms with Gasteiger partial charge in [0.2, 0.25) is 17.7 Å². The van der Waals surface area contributed by atoms with Crippen molar-refractivity contribution in [3.8, 4) is 11.8 Å². The van der Waals surface area contributed by atoms with Gasteiger partial charge in [-0.25, -0.2) is 4.79 Å². The number of halogens is 1. The zero-order valence-electron chi connectivity index (χ0n) is 23.4. The molecule has 12 heteroatoms. The van der Waals surface area contributed by atoms with Crippen molar-refractivity contribution >= 4 is 62.8 Å². The molecule has 3 aromatic rings. The summed E-state index contributed by atoms with van der Waals surface area (Å²) in [6.07, 6.45) is -0.185. The number of hydrogen-bond acceptors (Lipinski definition) is 7. The molecule has 1 aliphatic rings. The van der Waals surface area contributed by atoms with Crippen molar-refractivity contribution in [2.75, 3.05) is 19.7 Å². The number of alkyl carbamates (subject to hydrolysis) is 1. The fraction of sp³-hybridized carbons (Fsp3) is 0.290. The van der Waals surface area contributed by atoms with Crippen molar-refractivity contribution < 1.29 is 23.9 Å². The van der Waals surface area contributed by atoms with Gasteiger partial charge in [-0.05, 0) is 55.3 Å². The molecule has 0 spiro atoms. The number of thioether (sulfide) groups is 1. The number of thiophene rings is 1. The Morgan fingerprint density at radius 1 is 1.07 bits per heavy atom. The van der Waals surface area contributed by atoms with Crippen LogP contribution < -0.4 is 16.4 Å². The summed E-state index contributed by atoms with van der Waals surface area (Å²) < 4.78 is 5.89. The average molecular weight is 684 g/mol. The number of nitrogens with two attached hydrogens (primary N) is 1. The minimum atomic E-state index is -1.18. The van der Waals surface area contributed by atoms with Gasteiger partial charge in [0.15, 0.2) is 0 Å². The molecular formula is C31H31BrN4O5S2. The molecule has 2 heterocycles. The number of nitrogens with zero attached hydrogens (tertiary/aromatic N) is 1. The van der Waals surface area contributed by atoms with E-state index in [-0.39, 0.29) is 31.4 Å². The van der Waals surface area contributed by atoms with Gasteiger partial charge < -0.3 is 26.0 Å². The number of carbonyl (C=O) groups excluding carboxylic acids is 4. The van der Waals surface area contributed by atoms with Crippen molar-refractivity contribution in [1.29, 1.82) is 0 Å². The van der Waals surface area contributed by atoms with Gasteiger partial charge in [0.05, 0.1) is 23.3 Å². The standard InChI is InChI=1S/C31H31BrN4O5S2/c1-2-41-31(40)35-24(28(33)38)19-36-29(39)26(18-27(37)34-17-16-21-8-11-22(32)12-9-21)43-30(36)25-15-14-23(42-25)13-10-20-6-4-3-5-7-20/h3-9,11-12,14-15,24,26,30H,2,16-19H2,1H3,(H2,33,38)(H,34,37)(H,35,40)/t24-,26?,30?/m1/s1. The largest absolute Gasteiger partial charge is 0.450 e. The van der Waals surface area contributed by atoms with E-state index < -0.39 is 28.7 Å². The second kappa shape index (κ2) is 15.6. The number of amides is 4. The predicted molar refractivity (Wildman–Crippen MR) is 171 cm³/mol. The number of nitrogens with one attached hydrogen (secondary N) is 2. The highest BCUT2D eigenvalue weighted by atomic mass is 79.9. The van der Waals surface area contributed by atoms with Gasteiger partial charge in [-0.3, -0.25) is 14.4 Å². The van der Waals surface area contributed by atoms with E-state index in [2.05, 4.69) is 38.4 Å². The van der Waals surface area contributed by atoms with Crippen molar-refractivity contribution in [2.45, 2.75) is 36.4 Å². The summed E-state index contributed by atoms with van der Waals surface area (Å²) in [5, 5.41) is 4.15. The van der Waals surface area contributed by atoms with Crippen LogP contribution in [0.5, 0.6) is 0 Å². The van der Waals surface area contributed by atoms with E-state index in [9.17, 15) is 19.2 Å². The van der Waals surface area contributed by atoms with Crippen LogP contribution in [-0.4, -0.2) is 59.7 Å². The molecule has 2 unspecified atom stereocenters. The highest BCUT2D eigenvalue weighted by molar-refractivity contribution is 9.10. The van der Waals surface area contributed by atoms with Crippen LogP contribution in [-0.2, 0) is 25.5 Å². The lowest BCUT2D eigenvalue weighted by molar-refractivity contribution is -0.133. The molecule has 3 atom stereocenters. The summed E-state index contributed by atoms with van der Waals surface area (Å²) >= 11 is 6.16. The van der Waals surface area contributed by atoms with Gasteiger partial charge in [-0.1, -0.05) is 58.1 Å². The summed E-state index contributed by atoms with van der Waals surface area (Å²) in [5.74, 6) is 4.91. The first kappa shape index (κ1) is 32.1. The van der Waals surface area contributed by atoms with Crippen LogP contribution in [0.1, 0.15) is 39.6 Å². The Bertz CT molecular complexity index is 1500. The Labute approximate surface area is 267 Å². The third-order valence-electron chi connectivity index (χ3n) is 6.42. The van der Waals surface area contributed by atoms with Crippen LogP contribution in [0.25, 0.3) is 0 Å². The molecule has 0 aliphatic carbocycles. The monoisotopic (exact) mass is 682 g/mol. The molecule has 1 fully saturated rings. The van der Waals surface area contributed by atoms with E-state index >= 15 is 0 Å². The Morgan fingerprint density at radius 2 is 1.81 bits per heavy atom. The SMILES string of the molecule is CCOC(=O)N[C@H](CN1C(=O)C(CC(=O)NCCc2ccc(Br)cc2)SC1c1ccc(C#Cc2ccccc2)s1)C(N)=O. The van der Waals surface area contributed by atoms with Gasteiger partial charge in [-0.2, -0.15) is 0 Å². The maximum absolute atomic E-state index is 13.6. The molecule has 0 bridgehead atoms. The third kappa shape index (κ3) is 9.35. The summed E-state index contributed by atoms with van der Waals surface area (Å²) in [6, 6.07) is 20.0. The van der Waals surface area contributed by atoms with Crippen molar-refractivity contribution in [3.63, 3.8) is 0 Å². The number of hydrogen-bond donors (Lipinski definition) is 3. The summed E-state index contributed by atoms with van der Waals surface area (Å²) in [7, 11) is 0. The van der Waals surface area contributed by atoms with Crippen LogP contribution in [0.4, 0.5) is 4.79 Å². The number of benzene rings is 2. The van der Waals surface area contributed by atoms with Crippen LogP contribution in [0.3, 0.4) is 0 Å². The van der Waals surface area contributed by atoms with E-state index in [1.54, 1.807) is 6.92 Å². The maximum atomic E-state index is 13.6. The first-order valence-electron chi connectivity index (χ1n) is 13.6. The van der Waals surface area contributed by atoms with Gasteiger partial charge in [-0.15, -0.1) is 23.1 Å². The molecule has 0 saturated carbocycles. The quantitative estimate of drug-likeness (QED) is 0.260. The van der Waals surface area contributed by atoms with Crippen LogP contribution in [0, 0.1) is 11.8 Å². The van der Waals surface area contributed by atoms with E-state index in [1.807, 2.05) is 66.7 Å². The Hall–Kier alpha value is -3.79. The fourth-order valence-corrected chi connectivity index (χ4v) is 7.09. The van der Waals surface area contributed by atoms with Crippen molar-refractivity contribution in [2.24, 2.45) is 5.73 Å². The smallest absolute Gasteiger partial charge is 0.407 e. The lowest BCUT2D eigenvalue weighted by atomic mass is 10.1. The molecular weight excluding hydrogens is 652 g/mol. The molecule has 4 rings (SSSR count). The summed E-state index contributed by atoms with van der Waals surface area (Å²) in [6.45, 7) is 2.01. The van der Waals surface area contributed by atoms with Gasteiger partial charge in [0.1, 0.15) is 11.4 Å². The number of carbonyl (C=O) groups is 4. The molecule has 4 amide bonds. The molecule has 9 nitrogen and oxygen atoms in total. The van der Waals surface area contributed by atoms with Crippen LogP contribution >= 0.6 is 39.0 Å². The normalized spacial score (nSPS) is 16.6. The van der Waals surface area contributed by atoms with E-state index in [0.29, 0.717) is 13.0 Å². The average Bonchev–Trinajstić information content (AvgIpc) is 3.58. The minimum absolute atomic E-state index is 0.0323. The van der Waals surface area contributed by atoms with Crippen molar-refractivity contribution in [1.82, 2.24) is 15.5 Å². The second-order valence-electron chi connectivity index (χ2n) is 9.54. The number of ether oxygens (including phenoxy) is 1.